The first-order valence-corrected chi connectivity index (χ1v) is 15.4. The van der Waals surface area contributed by atoms with Gasteiger partial charge in [-0.25, -0.2) is 0 Å². The number of nitriles is 6. The van der Waals surface area contributed by atoms with Crippen LogP contribution >= 0.6 is 0 Å². The van der Waals surface area contributed by atoms with Crippen LogP contribution in [0, 0.1) is 79.8 Å². The molecule has 1 aliphatic carbocycles. The van der Waals surface area contributed by atoms with Crippen molar-refractivity contribution in [1.82, 2.24) is 4.90 Å². The van der Waals surface area contributed by atoms with Crippen molar-refractivity contribution < 1.29 is 0 Å². The molecule has 0 bridgehead atoms. The van der Waals surface area contributed by atoms with Crippen LogP contribution < -0.4 is 0 Å². The van der Waals surface area contributed by atoms with Crippen LogP contribution in [0.25, 0.3) is 11.1 Å². The molecule has 2 aromatic rings. The maximum absolute atomic E-state index is 10.0. The molecule has 0 spiro atoms. The van der Waals surface area contributed by atoms with Crippen LogP contribution in [0.3, 0.4) is 0 Å². The number of nitrogens with zero attached hydrogens (tertiary/aromatic N) is 8. The van der Waals surface area contributed by atoms with Gasteiger partial charge in [0, 0.05) is 37.6 Å². The second kappa shape index (κ2) is 18.3. The minimum absolute atomic E-state index is 0.00896. The molecular formula is C40H34N8. The second-order valence-corrected chi connectivity index (χ2v) is 11.0. The van der Waals surface area contributed by atoms with Gasteiger partial charge in [0.1, 0.15) is 17.7 Å². The standard InChI is InChI=1S/C40H34N8/c1-4-37(48(2)3)47-40-31(17-11-19-33(23-41)38(35(25-43)26-44)29-13-7-5-8-14-29)21-22-32(40)18-12-20-34(24-42)39(36(27-45)28-46)30-15-9-6-10-16-30/h5-20,31,36,40H,4,21-22H2,1-3H3/b17-11+,20-12+,32-18+,33-19+,39-34-,47-37?. The van der Waals surface area contributed by atoms with Gasteiger partial charge in [-0.3, -0.25) is 4.99 Å². The Balaban J connectivity index is 2.06. The van der Waals surface area contributed by atoms with Gasteiger partial charge in [-0.2, -0.15) is 31.6 Å². The highest BCUT2D eigenvalue weighted by Crippen LogP contribution is 2.36. The summed E-state index contributed by atoms with van der Waals surface area (Å²) in [6, 6.07) is 29.8. The predicted octanol–water partition coefficient (Wildman–Crippen LogP) is 7.77. The van der Waals surface area contributed by atoms with Crippen LogP contribution in [0.1, 0.15) is 37.3 Å². The molecule has 234 valence electrons. The Kier molecular flexibility index (Phi) is 13.6. The lowest BCUT2D eigenvalue weighted by atomic mass is 9.90. The molecule has 3 rings (SSSR count). The van der Waals surface area contributed by atoms with Crippen molar-refractivity contribution in [2.24, 2.45) is 16.8 Å². The number of hydrogen-bond acceptors (Lipinski definition) is 7. The fourth-order valence-electron chi connectivity index (χ4n) is 5.52. The Hall–Kier alpha value is -6.71. The zero-order valence-electron chi connectivity index (χ0n) is 27.2. The highest BCUT2D eigenvalue weighted by atomic mass is 15.1. The van der Waals surface area contributed by atoms with Gasteiger partial charge >= 0.3 is 0 Å². The van der Waals surface area contributed by atoms with Crippen LogP contribution in [0.2, 0.25) is 0 Å². The Bertz CT molecular complexity index is 1920. The first-order chi connectivity index (χ1) is 23.4. The van der Waals surface area contributed by atoms with Crippen molar-refractivity contribution in [3.05, 3.63) is 131 Å². The van der Waals surface area contributed by atoms with Crippen molar-refractivity contribution in [1.29, 1.82) is 31.6 Å². The number of benzene rings is 2. The molecule has 8 heteroatoms. The molecule has 0 radical (unpaired) electrons. The zero-order chi connectivity index (χ0) is 34.9. The maximum atomic E-state index is 10.0. The summed E-state index contributed by atoms with van der Waals surface area (Å²) in [6.07, 6.45) is 13.0. The van der Waals surface area contributed by atoms with Crippen LogP contribution in [0.5, 0.6) is 0 Å². The average Bonchev–Trinajstić information content (AvgIpc) is 3.50. The van der Waals surface area contributed by atoms with Gasteiger partial charge in [-0.1, -0.05) is 91.9 Å². The van der Waals surface area contributed by atoms with Crippen molar-refractivity contribution in [3.8, 4) is 36.4 Å². The molecule has 1 fully saturated rings. The van der Waals surface area contributed by atoms with Gasteiger partial charge in [-0.15, -0.1) is 0 Å². The van der Waals surface area contributed by atoms with E-state index in [-0.39, 0.29) is 34.3 Å². The van der Waals surface area contributed by atoms with Gasteiger partial charge < -0.3 is 4.90 Å². The molecular weight excluding hydrogens is 592 g/mol. The van der Waals surface area contributed by atoms with E-state index in [0.29, 0.717) is 16.7 Å². The minimum atomic E-state index is -1.11. The van der Waals surface area contributed by atoms with E-state index < -0.39 is 5.92 Å². The van der Waals surface area contributed by atoms with E-state index >= 15 is 0 Å². The number of amidine groups is 1. The molecule has 0 N–H and O–H groups in total. The van der Waals surface area contributed by atoms with E-state index in [0.717, 1.165) is 30.7 Å². The largest absolute Gasteiger partial charge is 0.366 e. The number of allylic oxidation sites excluding steroid dienone is 10. The van der Waals surface area contributed by atoms with Crippen LogP contribution in [0.4, 0.5) is 0 Å². The van der Waals surface area contributed by atoms with Gasteiger partial charge in [0.15, 0.2) is 5.92 Å². The lowest BCUT2D eigenvalue weighted by molar-refractivity contribution is 0.568. The average molecular weight is 627 g/mol. The van der Waals surface area contributed by atoms with E-state index in [1.165, 1.54) is 0 Å². The summed E-state index contributed by atoms with van der Waals surface area (Å²) in [4.78, 5) is 7.09. The van der Waals surface area contributed by atoms with Crippen molar-refractivity contribution >= 4 is 17.0 Å². The molecule has 0 saturated heterocycles. The summed E-state index contributed by atoms with van der Waals surface area (Å²) in [5, 5.41) is 58.6. The Morgan fingerprint density at radius 2 is 1.48 bits per heavy atom. The minimum Gasteiger partial charge on any atom is -0.366 e. The van der Waals surface area contributed by atoms with E-state index in [2.05, 4.69) is 12.1 Å². The summed E-state index contributed by atoms with van der Waals surface area (Å²) in [7, 11) is 3.89. The lowest BCUT2D eigenvalue weighted by Crippen LogP contribution is -2.25. The molecule has 48 heavy (non-hydrogen) atoms. The van der Waals surface area contributed by atoms with Crippen LogP contribution in [0.15, 0.2) is 124 Å². The molecule has 0 amide bonds. The van der Waals surface area contributed by atoms with E-state index in [1.807, 2.05) is 74.5 Å². The summed E-state index contributed by atoms with van der Waals surface area (Å²) < 4.78 is 0. The molecule has 2 aromatic carbocycles. The smallest absolute Gasteiger partial charge is 0.160 e. The van der Waals surface area contributed by atoms with Crippen LogP contribution in [-0.2, 0) is 0 Å². The topological polar surface area (TPSA) is 158 Å². The fraction of sp³-hybridized carbons (Fsp3) is 0.225. The Morgan fingerprint density at radius 3 is 2.00 bits per heavy atom. The monoisotopic (exact) mass is 626 g/mol. The highest BCUT2D eigenvalue weighted by Gasteiger charge is 2.30. The maximum Gasteiger partial charge on any atom is 0.160 e. The molecule has 0 aromatic heterocycles. The quantitative estimate of drug-likeness (QED) is 0.113. The number of hydrogen-bond donors (Lipinski definition) is 0. The van der Waals surface area contributed by atoms with Gasteiger partial charge in [0.05, 0.1) is 47.3 Å². The number of aliphatic imine (C=N–C) groups is 1. The van der Waals surface area contributed by atoms with Crippen LogP contribution in [-0.4, -0.2) is 30.9 Å². The third-order valence-corrected chi connectivity index (χ3v) is 7.83. The molecule has 8 nitrogen and oxygen atoms in total. The normalized spacial score (nSPS) is 17.5. The Morgan fingerprint density at radius 1 is 0.854 bits per heavy atom. The molecule has 0 aliphatic heterocycles. The fourth-order valence-corrected chi connectivity index (χ4v) is 5.52. The Labute approximate surface area is 283 Å². The van der Waals surface area contributed by atoms with E-state index in [4.69, 9.17) is 4.99 Å². The number of rotatable bonds is 10. The van der Waals surface area contributed by atoms with E-state index in [1.54, 1.807) is 72.8 Å². The first-order valence-electron chi connectivity index (χ1n) is 15.4. The summed E-state index contributed by atoms with van der Waals surface area (Å²) in [5.74, 6) is -0.198. The molecule has 0 heterocycles. The zero-order valence-corrected chi connectivity index (χ0v) is 27.2. The molecule has 2 atom stereocenters. The summed E-state index contributed by atoms with van der Waals surface area (Å²) in [5.41, 5.74) is 3.23. The van der Waals surface area contributed by atoms with E-state index in [9.17, 15) is 31.6 Å². The molecule has 1 saturated carbocycles. The second-order valence-electron chi connectivity index (χ2n) is 11.0. The molecule has 1 aliphatic rings. The first kappa shape index (κ1) is 35.8. The van der Waals surface area contributed by atoms with Gasteiger partial charge in [0.25, 0.3) is 0 Å². The lowest BCUT2D eigenvalue weighted by Gasteiger charge is -2.20. The molecule has 2 unspecified atom stereocenters. The summed E-state index contributed by atoms with van der Waals surface area (Å²) >= 11 is 0. The highest BCUT2D eigenvalue weighted by molar-refractivity contribution is 5.89. The van der Waals surface area contributed by atoms with Crippen molar-refractivity contribution in [2.75, 3.05) is 14.1 Å². The predicted molar refractivity (Wildman–Crippen MR) is 186 cm³/mol. The summed E-state index contributed by atoms with van der Waals surface area (Å²) in [6.45, 7) is 2.04. The van der Waals surface area contributed by atoms with Crippen molar-refractivity contribution in [3.63, 3.8) is 0 Å². The SMILES string of the molecule is CCC(=NC1/C(=C/C=C/C(C#N)=C(\c2ccccc2)C(C#N)C#N)CCC1/C=C/C=C(\C#N)C(=C(C#N)C#N)c1ccccc1)N(C)C. The third-order valence-electron chi connectivity index (χ3n) is 7.83. The van der Waals surface area contributed by atoms with Crippen molar-refractivity contribution in [2.45, 2.75) is 32.2 Å². The van der Waals surface area contributed by atoms with Gasteiger partial charge in [-0.05, 0) is 41.7 Å². The van der Waals surface area contributed by atoms with Gasteiger partial charge in [0.2, 0.25) is 0 Å². The third kappa shape index (κ3) is 8.94.